The lowest BCUT2D eigenvalue weighted by Gasteiger charge is -2.24. The smallest absolute Gasteiger partial charge is 0.410 e. The van der Waals surface area contributed by atoms with Gasteiger partial charge in [-0.2, -0.15) is 0 Å². The largest absolute Gasteiger partial charge is 0.412 e. The predicted molar refractivity (Wildman–Crippen MR) is 103 cm³/mol. The molecule has 0 saturated carbocycles. The van der Waals surface area contributed by atoms with E-state index in [0.717, 1.165) is 31.9 Å². The number of carbonyl (C=O) groups excluding carboxylic acids is 1. The zero-order valence-corrected chi connectivity index (χ0v) is 17.1. The second-order valence-electron chi connectivity index (χ2n) is 4.58. The Labute approximate surface area is 154 Å². The number of benzene rings is 1. The monoisotopic (exact) mass is 439 g/mol. The van der Waals surface area contributed by atoms with Crippen LogP contribution in [0.5, 0.6) is 5.75 Å². The normalized spacial score (nSPS) is 9.50. The van der Waals surface area contributed by atoms with E-state index in [-0.39, 0.29) is 34.0 Å². The first-order chi connectivity index (χ1) is 9.60. The molecular formula is C15H27Br2N3O2. The number of halogens is 2. The highest BCUT2D eigenvalue weighted by Crippen LogP contribution is 2.18. The van der Waals surface area contributed by atoms with Crippen LogP contribution in [-0.2, 0) is 0 Å². The summed E-state index contributed by atoms with van der Waals surface area (Å²) in [6, 6.07) is 7.53. The van der Waals surface area contributed by atoms with Crippen LogP contribution in [0.25, 0.3) is 0 Å². The molecule has 0 aliphatic heterocycles. The molecule has 0 aliphatic carbocycles. The Bertz CT molecular complexity index is 412. The van der Waals surface area contributed by atoms with Crippen LogP contribution in [-0.4, -0.2) is 51.3 Å². The minimum absolute atomic E-state index is 0. The Morgan fingerprint density at radius 1 is 1.09 bits per heavy atom. The van der Waals surface area contributed by atoms with Gasteiger partial charge in [-0.3, -0.25) is 0 Å². The summed E-state index contributed by atoms with van der Waals surface area (Å²) in [5.41, 5.74) is 1.11. The molecule has 1 aromatic carbocycles. The Morgan fingerprint density at radius 3 is 2.09 bits per heavy atom. The van der Waals surface area contributed by atoms with Crippen LogP contribution in [0.1, 0.15) is 13.8 Å². The molecule has 0 atom stereocenters. The summed E-state index contributed by atoms with van der Waals surface area (Å²) in [6.07, 6.45) is -0.451. The van der Waals surface area contributed by atoms with Gasteiger partial charge in [-0.25, -0.2) is 4.79 Å². The number of amides is 1. The minimum Gasteiger partial charge on any atom is -0.410 e. The lowest BCUT2D eigenvalue weighted by Crippen LogP contribution is -2.33. The SMILES string of the molecule is Br.Br.CCN(CC)CCN(C)c1ccc(OC(=O)NC)cc1. The first-order valence-electron chi connectivity index (χ1n) is 7.03. The maximum absolute atomic E-state index is 11.1. The number of nitrogens with one attached hydrogen (secondary N) is 1. The van der Waals surface area contributed by atoms with Crippen molar-refractivity contribution in [3.05, 3.63) is 24.3 Å². The molecule has 0 bridgehead atoms. The van der Waals surface area contributed by atoms with E-state index < -0.39 is 6.09 Å². The zero-order valence-electron chi connectivity index (χ0n) is 13.7. The Hall–Kier alpha value is -0.790. The van der Waals surface area contributed by atoms with Gasteiger partial charge >= 0.3 is 6.09 Å². The van der Waals surface area contributed by atoms with Gasteiger partial charge in [0.1, 0.15) is 5.75 Å². The van der Waals surface area contributed by atoms with Crippen LogP contribution in [0.15, 0.2) is 24.3 Å². The van der Waals surface area contributed by atoms with E-state index in [1.165, 1.54) is 7.05 Å². The Kier molecular flexibility index (Phi) is 13.6. The number of rotatable bonds is 7. The Morgan fingerprint density at radius 2 is 1.64 bits per heavy atom. The molecule has 0 aromatic heterocycles. The van der Waals surface area contributed by atoms with Gasteiger partial charge in [-0.1, -0.05) is 13.8 Å². The summed E-state index contributed by atoms with van der Waals surface area (Å²) in [7, 11) is 3.61. The van der Waals surface area contributed by atoms with E-state index >= 15 is 0 Å². The van der Waals surface area contributed by atoms with Crippen LogP contribution in [0.4, 0.5) is 10.5 Å². The molecule has 1 N–H and O–H groups in total. The van der Waals surface area contributed by atoms with Crippen molar-refractivity contribution in [1.82, 2.24) is 10.2 Å². The van der Waals surface area contributed by atoms with Gasteiger partial charge in [0.25, 0.3) is 0 Å². The van der Waals surface area contributed by atoms with Crippen molar-refractivity contribution >= 4 is 45.7 Å². The molecule has 0 unspecified atom stereocenters. The highest BCUT2D eigenvalue weighted by Gasteiger charge is 2.05. The molecule has 1 rings (SSSR count). The van der Waals surface area contributed by atoms with Crippen molar-refractivity contribution in [3.8, 4) is 5.75 Å². The van der Waals surface area contributed by atoms with Crippen molar-refractivity contribution in [2.75, 3.05) is 45.2 Å². The number of hydrogen-bond donors (Lipinski definition) is 1. The first kappa shape index (κ1) is 23.5. The lowest BCUT2D eigenvalue weighted by atomic mass is 10.3. The number of hydrogen-bond acceptors (Lipinski definition) is 4. The zero-order chi connectivity index (χ0) is 15.0. The fraction of sp³-hybridized carbons (Fsp3) is 0.533. The fourth-order valence-corrected chi connectivity index (χ4v) is 1.89. The highest BCUT2D eigenvalue weighted by atomic mass is 79.9. The van der Waals surface area contributed by atoms with Crippen LogP contribution in [0.2, 0.25) is 0 Å². The standard InChI is InChI=1S/C15H25N3O2.2BrH/c1-5-18(6-2)12-11-17(4)13-7-9-14(10-8-13)20-15(19)16-3;;/h7-10H,5-6,11-12H2,1-4H3,(H,16,19);2*1H. The summed E-state index contributed by atoms with van der Waals surface area (Å²) in [4.78, 5) is 15.7. The van der Waals surface area contributed by atoms with Crippen molar-refractivity contribution < 1.29 is 9.53 Å². The average molecular weight is 441 g/mol. The summed E-state index contributed by atoms with van der Waals surface area (Å²) >= 11 is 0. The van der Waals surface area contributed by atoms with Crippen molar-refractivity contribution in [2.24, 2.45) is 0 Å². The molecule has 7 heteroatoms. The van der Waals surface area contributed by atoms with Gasteiger partial charge in [0.15, 0.2) is 0 Å². The number of likely N-dealkylation sites (N-methyl/N-ethyl adjacent to an activating group) is 2. The molecule has 128 valence electrons. The van der Waals surface area contributed by atoms with Crippen molar-refractivity contribution in [3.63, 3.8) is 0 Å². The molecule has 0 aliphatic rings. The van der Waals surface area contributed by atoms with Crippen LogP contribution in [0.3, 0.4) is 0 Å². The molecule has 0 radical (unpaired) electrons. The molecule has 0 heterocycles. The van der Waals surface area contributed by atoms with E-state index in [4.69, 9.17) is 4.74 Å². The summed E-state index contributed by atoms with van der Waals surface area (Å²) in [6.45, 7) is 8.51. The van der Waals surface area contributed by atoms with Crippen molar-refractivity contribution in [2.45, 2.75) is 13.8 Å². The summed E-state index contributed by atoms with van der Waals surface area (Å²) in [5.74, 6) is 0.547. The third-order valence-corrected chi connectivity index (χ3v) is 3.34. The number of anilines is 1. The van der Waals surface area contributed by atoms with Crippen LogP contribution >= 0.6 is 34.0 Å². The molecule has 22 heavy (non-hydrogen) atoms. The maximum atomic E-state index is 11.1. The van der Waals surface area contributed by atoms with Gasteiger partial charge in [-0.15, -0.1) is 34.0 Å². The lowest BCUT2D eigenvalue weighted by molar-refractivity contribution is 0.203. The predicted octanol–water partition coefficient (Wildman–Crippen LogP) is 3.34. The van der Waals surface area contributed by atoms with Crippen molar-refractivity contribution in [1.29, 1.82) is 0 Å². The molecule has 0 spiro atoms. The number of carbonyl (C=O) groups is 1. The van der Waals surface area contributed by atoms with Crippen LogP contribution in [0, 0.1) is 0 Å². The van der Waals surface area contributed by atoms with E-state index in [1.807, 2.05) is 12.1 Å². The third kappa shape index (κ3) is 8.00. The number of nitrogens with zero attached hydrogens (tertiary/aromatic N) is 2. The van der Waals surface area contributed by atoms with Gasteiger partial charge in [0, 0.05) is 32.9 Å². The van der Waals surface area contributed by atoms with E-state index in [2.05, 4.69) is 36.0 Å². The topological polar surface area (TPSA) is 44.8 Å². The molecule has 0 saturated heterocycles. The highest BCUT2D eigenvalue weighted by molar-refractivity contribution is 8.93. The van der Waals surface area contributed by atoms with E-state index in [1.54, 1.807) is 12.1 Å². The molecular weight excluding hydrogens is 414 g/mol. The van der Waals surface area contributed by atoms with Gasteiger partial charge in [0.2, 0.25) is 0 Å². The second-order valence-corrected chi connectivity index (χ2v) is 4.58. The first-order valence-corrected chi connectivity index (χ1v) is 7.03. The van der Waals surface area contributed by atoms with Gasteiger partial charge in [0.05, 0.1) is 0 Å². The minimum atomic E-state index is -0.451. The molecule has 0 fully saturated rings. The van der Waals surface area contributed by atoms with Gasteiger partial charge < -0.3 is 19.9 Å². The molecule has 1 aromatic rings. The van der Waals surface area contributed by atoms with E-state index in [9.17, 15) is 4.79 Å². The average Bonchev–Trinajstić information content (AvgIpc) is 2.48. The van der Waals surface area contributed by atoms with E-state index in [0.29, 0.717) is 5.75 Å². The summed E-state index contributed by atoms with van der Waals surface area (Å²) < 4.78 is 5.05. The number of ether oxygens (including phenoxy) is 1. The summed E-state index contributed by atoms with van der Waals surface area (Å²) in [5, 5.41) is 2.42. The van der Waals surface area contributed by atoms with Crippen LogP contribution < -0.4 is 15.0 Å². The fourth-order valence-electron chi connectivity index (χ4n) is 1.89. The Balaban J connectivity index is 0. The molecule has 5 nitrogen and oxygen atoms in total. The molecule has 1 amide bonds. The third-order valence-electron chi connectivity index (χ3n) is 3.34. The second kappa shape index (κ2) is 12.7. The quantitative estimate of drug-likeness (QED) is 0.706. The maximum Gasteiger partial charge on any atom is 0.412 e. The van der Waals surface area contributed by atoms with Gasteiger partial charge in [-0.05, 0) is 37.4 Å².